The van der Waals surface area contributed by atoms with Crippen LogP contribution in [0.1, 0.15) is 180 Å². The van der Waals surface area contributed by atoms with Gasteiger partial charge in [0.25, 0.3) is 0 Å². The van der Waals surface area contributed by atoms with Crippen molar-refractivity contribution in [1.82, 2.24) is 10.6 Å². The summed E-state index contributed by atoms with van der Waals surface area (Å²) >= 11 is 0. The third-order valence-electron chi connectivity index (χ3n) is 7.89. The lowest BCUT2D eigenvalue weighted by molar-refractivity contribution is -0.123. The fourth-order valence-electron chi connectivity index (χ4n) is 5.26. The highest BCUT2D eigenvalue weighted by Gasteiger charge is 2.03. The van der Waals surface area contributed by atoms with Crippen LogP contribution in [0.5, 0.6) is 0 Å². The van der Waals surface area contributed by atoms with Crippen molar-refractivity contribution in [3.8, 4) is 0 Å². The average molecular weight is 569 g/mol. The minimum absolute atomic E-state index is 0.103. The molecular formula is C34H68N2O4. The van der Waals surface area contributed by atoms with Gasteiger partial charge in [-0.05, 0) is 25.7 Å². The normalized spacial score (nSPS) is 11.2. The molecule has 0 aliphatic carbocycles. The van der Waals surface area contributed by atoms with Gasteiger partial charge in [-0.15, -0.1) is 0 Å². The second-order valence-electron chi connectivity index (χ2n) is 11.8. The molecule has 0 spiro atoms. The first-order valence-electron chi connectivity index (χ1n) is 17.5. The summed E-state index contributed by atoms with van der Waals surface area (Å²) in [5, 5.41) is 23.4. The Labute approximate surface area is 248 Å². The molecule has 4 N–H and O–H groups in total. The maximum atomic E-state index is 12.0. The molecule has 2 amide bonds. The number of aliphatic hydroxyl groups excluding tert-OH is 2. The number of unbranched alkanes of at least 4 members (excludes halogenated alkanes) is 24. The number of rotatable bonds is 33. The molecule has 0 aliphatic rings. The molecule has 0 aliphatic heterocycles. The fraction of sp³-hybridized carbons (Fsp3) is 0.941. The predicted octanol–water partition coefficient (Wildman–Crippen LogP) is 8.13. The summed E-state index contributed by atoms with van der Waals surface area (Å²) < 4.78 is 0. The third-order valence-corrected chi connectivity index (χ3v) is 7.89. The summed E-state index contributed by atoms with van der Waals surface area (Å²) in [6.07, 6.45) is 33.0. The first-order chi connectivity index (χ1) is 19.7. The minimum Gasteiger partial charge on any atom is -0.396 e. The number of carbonyl (C=O) groups is 2. The molecule has 0 aromatic carbocycles. The molecule has 0 fully saturated rings. The summed E-state index contributed by atoms with van der Waals surface area (Å²) in [5.74, 6) is 0.206. The first kappa shape index (κ1) is 38.9. The molecule has 40 heavy (non-hydrogen) atoms. The molecule has 6 nitrogen and oxygen atoms in total. The van der Waals surface area contributed by atoms with Crippen molar-refractivity contribution >= 4 is 11.8 Å². The SMILES string of the molecule is O=C(CCCCCCCCCCCCCCCO)NCCNC(=O)CCCCCCCCCCCCCCCO. The zero-order valence-electron chi connectivity index (χ0n) is 26.3. The van der Waals surface area contributed by atoms with Gasteiger partial charge in [0.05, 0.1) is 0 Å². The lowest BCUT2D eigenvalue weighted by Crippen LogP contribution is -2.34. The molecule has 0 atom stereocenters. The number of hydrogen-bond donors (Lipinski definition) is 4. The van der Waals surface area contributed by atoms with Crippen LogP contribution in [0.25, 0.3) is 0 Å². The predicted molar refractivity (Wildman–Crippen MR) is 169 cm³/mol. The highest BCUT2D eigenvalue weighted by molar-refractivity contribution is 5.77. The fourth-order valence-corrected chi connectivity index (χ4v) is 5.26. The Hall–Kier alpha value is -1.14. The Morgan fingerprint density at radius 1 is 0.325 bits per heavy atom. The maximum Gasteiger partial charge on any atom is 0.220 e. The van der Waals surface area contributed by atoms with E-state index in [4.69, 9.17) is 10.2 Å². The highest BCUT2D eigenvalue weighted by Crippen LogP contribution is 2.14. The van der Waals surface area contributed by atoms with Crippen molar-refractivity contribution in [2.45, 2.75) is 180 Å². The van der Waals surface area contributed by atoms with Gasteiger partial charge in [0.2, 0.25) is 11.8 Å². The molecule has 0 radical (unpaired) electrons. The Kier molecular flexibility index (Phi) is 33.1. The standard InChI is InChI=1S/C34H68N2O4/c37-31-25-21-17-13-9-5-1-3-7-11-15-19-23-27-33(39)35-29-30-36-34(40)28-24-20-16-12-8-4-2-6-10-14-18-22-26-32-38/h37-38H,1-32H2,(H,35,39)(H,36,40). The first-order valence-corrected chi connectivity index (χ1v) is 17.5. The largest absolute Gasteiger partial charge is 0.396 e. The van der Waals surface area contributed by atoms with E-state index in [-0.39, 0.29) is 11.8 Å². The molecule has 0 saturated heterocycles. The van der Waals surface area contributed by atoms with Crippen molar-refractivity contribution < 1.29 is 19.8 Å². The van der Waals surface area contributed by atoms with Crippen LogP contribution in [-0.4, -0.2) is 48.3 Å². The Morgan fingerprint density at radius 2 is 0.525 bits per heavy atom. The molecule has 0 unspecified atom stereocenters. The van der Waals surface area contributed by atoms with Gasteiger partial charge in [0.1, 0.15) is 0 Å². The van der Waals surface area contributed by atoms with E-state index in [0.717, 1.165) is 38.5 Å². The quantitative estimate of drug-likeness (QED) is 0.0601. The highest BCUT2D eigenvalue weighted by atomic mass is 16.3. The molecule has 238 valence electrons. The topological polar surface area (TPSA) is 98.7 Å². The van der Waals surface area contributed by atoms with Gasteiger partial charge in [0.15, 0.2) is 0 Å². The van der Waals surface area contributed by atoms with E-state index in [1.807, 2.05) is 0 Å². The van der Waals surface area contributed by atoms with Crippen molar-refractivity contribution in [2.75, 3.05) is 26.3 Å². The second-order valence-corrected chi connectivity index (χ2v) is 11.8. The number of aliphatic hydroxyl groups is 2. The summed E-state index contributed by atoms with van der Waals surface area (Å²) in [7, 11) is 0. The monoisotopic (exact) mass is 569 g/mol. The maximum absolute atomic E-state index is 12.0. The van der Waals surface area contributed by atoms with E-state index in [1.165, 1.54) is 128 Å². The zero-order chi connectivity index (χ0) is 29.2. The smallest absolute Gasteiger partial charge is 0.220 e. The van der Waals surface area contributed by atoms with Gasteiger partial charge in [0, 0.05) is 39.1 Å². The van der Waals surface area contributed by atoms with Gasteiger partial charge in [-0.3, -0.25) is 9.59 Å². The summed E-state index contributed by atoms with van der Waals surface area (Å²) in [4.78, 5) is 24.0. The zero-order valence-corrected chi connectivity index (χ0v) is 26.3. The van der Waals surface area contributed by atoms with E-state index in [1.54, 1.807) is 0 Å². The van der Waals surface area contributed by atoms with E-state index in [0.29, 0.717) is 39.1 Å². The number of carbonyl (C=O) groups excluding carboxylic acids is 2. The molecule has 6 heteroatoms. The van der Waals surface area contributed by atoms with Crippen LogP contribution in [0.2, 0.25) is 0 Å². The third kappa shape index (κ3) is 33.1. The molecular weight excluding hydrogens is 500 g/mol. The summed E-state index contributed by atoms with van der Waals surface area (Å²) in [5.41, 5.74) is 0. The Bertz CT molecular complexity index is 484. The van der Waals surface area contributed by atoms with Gasteiger partial charge in [-0.2, -0.15) is 0 Å². The molecule has 0 bridgehead atoms. The van der Waals surface area contributed by atoms with E-state index >= 15 is 0 Å². The van der Waals surface area contributed by atoms with Crippen LogP contribution in [0, 0.1) is 0 Å². The lowest BCUT2D eigenvalue weighted by atomic mass is 10.0. The Balaban J connectivity index is 3.26. The van der Waals surface area contributed by atoms with Gasteiger partial charge < -0.3 is 20.8 Å². The van der Waals surface area contributed by atoms with E-state index in [9.17, 15) is 9.59 Å². The van der Waals surface area contributed by atoms with Crippen LogP contribution in [0.3, 0.4) is 0 Å². The van der Waals surface area contributed by atoms with Crippen molar-refractivity contribution in [3.05, 3.63) is 0 Å². The number of amides is 2. The van der Waals surface area contributed by atoms with Crippen LogP contribution < -0.4 is 10.6 Å². The van der Waals surface area contributed by atoms with Crippen LogP contribution >= 0.6 is 0 Å². The lowest BCUT2D eigenvalue weighted by Gasteiger charge is -2.07. The second kappa shape index (κ2) is 34.1. The van der Waals surface area contributed by atoms with Gasteiger partial charge in [-0.1, -0.05) is 141 Å². The summed E-state index contributed by atoms with van der Waals surface area (Å²) in [6, 6.07) is 0. The van der Waals surface area contributed by atoms with Crippen LogP contribution in [0.4, 0.5) is 0 Å². The number of nitrogens with one attached hydrogen (secondary N) is 2. The molecule has 0 rings (SSSR count). The molecule has 0 aromatic rings. The Morgan fingerprint density at radius 3 is 0.750 bits per heavy atom. The van der Waals surface area contributed by atoms with Crippen molar-refractivity contribution in [2.24, 2.45) is 0 Å². The minimum atomic E-state index is 0.103. The van der Waals surface area contributed by atoms with E-state index in [2.05, 4.69) is 10.6 Å². The molecule has 0 heterocycles. The van der Waals surface area contributed by atoms with Crippen molar-refractivity contribution in [3.63, 3.8) is 0 Å². The van der Waals surface area contributed by atoms with E-state index < -0.39 is 0 Å². The van der Waals surface area contributed by atoms with Gasteiger partial charge >= 0.3 is 0 Å². The average Bonchev–Trinajstić information content (AvgIpc) is 2.95. The molecule has 0 saturated carbocycles. The van der Waals surface area contributed by atoms with Crippen molar-refractivity contribution in [1.29, 1.82) is 0 Å². The van der Waals surface area contributed by atoms with Crippen LogP contribution in [0.15, 0.2) is 0 Å². The van der Waals surface area contributed by atoms with Gasteiger partial charge in [-0.25, -0.2) is 0 Å². The van der Waals surface area contributed by atoms with Crippen LogP contribution in [-0.2, 0) is 9.59 Å². The number of hydrogen-bond acceptors (Lipinski definition) is 4. The molecule has 0 aromatic heterocycles. The summed E-state index contributed by atoms with van der Waals surface area (Å²) in [6.45, 7) is 1.71.